The molecule has 0 amide bonds. The summed E-state index contributed by atoms with van der Waals surface area (Å²) >= 11 is 3.38. The smallest absolute Gasteiger partial charge is 0.132 e. The lowest BCUT2D eigenvalue weighted by Gasteiger charge is -2.17. The number of aliphatic hydroxyl groups excluding tert-OH is 1. The van der Waals surface area contributed by atoms with Crippen LogP contribution in [-0.2, 0) is 11.2 Å². The van der Waals surface area contributed by atoms with Gasteiger partial charge in [0.05, 0.1) is 12.6 Å². The molecule has 1 rings (SSSR count). The molecule has 0 saturated heterocycles. The summed E-state index contributed by atoms with van der Waals surface area (Å²) in [6.07, 6.45) is 2.48. The second kappa shape index (κ2) is 8.39. The first-order valence-electron chi connectivity index (χ1n) is 6.09. The molecule has 6 heteroatoms. The molecule has 1 unspecified atom stereocenters. The molecule has 5 nitrogen and oxygen atoms in total. The molecule has 0 aliphatic rings. The van der Waals surface area contributed by atoms with Gasteiger partial charge in [0, 0.05) is 26.2 Å². The summed E-state index contributed by atoms with van der Waals surface area (Å²) in [6.45, 7) is 2.75. The number of hydrogen-bond donors (Lipinski definition) is 2. The third-order valence-corrected chi connectivity index (χ3v) is 2.82. The fourth-order valence-corrected chi connectivity index (χ4v) is 2.06. The predicted octanol–water partition coefficient (Wildman–Crippen LogP) is 2.00. The van der Waals surface area contributed by atoms with Crippen molar-refractivity contribution in [2.75, 3.05) is 25.6 Å². The Kier molecular flexibility index (Phi) is 7.15. The number of hydrogen-bond acceptors (Lipinski definition) is 5. The monoisotopic (exact) mass is 317 g/mol. The summed E-state index contributed by atoms with van der Waals surface area (Å²) in [5, 5.41) is 12.3. The van der Waals surface area contributed by atoms with Gasteiger partial charge in [0.2, 0.25) is 0 Å². The molecule has 2 N–H and O–H groups in total. The van der Waals surface area contributed by atoms with Crippen molar-refractivity contribution in [3.05, 3.63) is 16.5 Å². The minimum absolute atomic E-state index is 0.0521. The van der Waals surface area contributed by atoms with E-state index in [1.807, 2.05) is 6.07 Å². The normalized spacial score (nSPS) is 12.4. The number of aryl methyl sites for hydroxylation is 1. The van der Waals surface area contributed by atoms with Crippen LogP contribution >= 0.6 is 15.9 Å². The van der Waals surface area contributed by atoms with Gasteiger partial charge in [-0.1, -0.05) is 6.92 Å². The zero-order valence-corrected chi connectivity index (χ0v) is 12.4. The Morgan fingerprint density at radius 3 is 2.89 bits per heavy atom. The highest BCUT2D eigenvalue weighted by Crippen LogP contribution is 2.15. The van der Waals surface area contributed by atoms with Crippen LogP contribution < -0.4 is 5.32 Å². The molecule has 0 radical (unpaired) electrons. The molecular formula is C12H20BrN3O2. The predicted molar refractivity (Wildman–Crippen MR) is 74.7 cm³/mol. The lowest BCUT2D eigenvalue weighted by Crippen LogP contribution is -2.26. The molecule has 0 spiro atoms. The van der Waals surface area contributed by atoms with Gasteiger partial charge in [-0.05, 0) is 28.8 Å². The standard InChI is InChI=1S/C12H20BrN3O2/c1-3-4-11-15-10(13)7-12(16-11)14-9(5-6-17)8-18-2/h7,9,17H,3-6,8H2,1-2H3,(H,14,15,16). The van der Waals surface area contributed by atoms with Crippen molar-refractivity contribution in [2.45, 2.75) is 32.2 Å². The number of ether oxygens (including phenoxy) is 1. The van der Waals surface area contributed by atoms with E-state index in [1.165, 1.54) is 0 Å². The van der Waals surface area contributed by atoms with Gasteiger partial charge in [-0.2, -0.15) is 0 Å². The van der Waals surface area contributed by atoms with Crippen molar-refractivity contribution in [3.8, 4) is 0 Å². The molecule has 1 atom stereocenters. The SMILES string of the molecule is CCCc1nc(Br)cc(NC(CCO)COC)n1. The maximum absolute atomic E-state index is 9.00. The number of nitrogens with one attached hydrogen (secondary N) is 1. The Hall–Kier alpha value is -0.720. The highest BCUT2D eigenvalue weighted by molar-refractivity contribution is 9.10. The summed E-state index contributed by atoms with van der Waals surface area (Å²) in [5.41, 5.74) is 0. The first-order valence-corrected chi connectivity index (χ1v) is 6.88. The lowest BCUT2D eigenvalue weighted by molar-refractivity contribution is 0.170. The first-order chi connectivity index (χ1) is 8.69. The molecule has 1 aromatic rings. The van der Waals surface area contributed by atoms with E-state index in [2.05, 4.69) is 38.1 Å². The Balaban J connectivity index is 2.74. The van der Waals surface area contributed by atoms with Crippen LogP contribution in [0.25, 0.3) is 0 Å². The fourth-order valence-electron chi connectivity index (χ4n) is 1.64. The van der Waals surface area contributed by atoms with Crippen LogP contribution in [0.4, 0.5) is 5.82 Å². The average Bonchev–Trinajstić information content (AvgIpc) is 2.29. The van der Waals surface area contributed by atoms with Crippen molar-refractivity contribution in [1.29, 1.82) is 0 Å². The van der Waals surface area contributed by atoms with E-state index in [-0.39, 0.29) is 12.6 Å². The number of nitrogens with zero attached hydrogens (tertiary/aromatic N) is 2. The van der Waals surface area contributed by atoms with Gasteiger partial charge in [-0.25, -0.2) is 9.97 Å². The third-order valence-electron chi connectivity index (χ3n) is 2.41. The van der Waals surface area contributed by atoms with Crippen molar-refractivity contribution >= 4 is 21.7 Å². The molecule has 0 bridgehead atoms. The number of aromatic nitrogens is 2. The Morgan fingerprint density at radius 1 is 1.50 bits per heavy atom. The summed E-state index contributed by atoms with van der Waals surface area (Å²) in [5.74, 6) is 1.57. The average molecular weight is 318 g/mol. The summed E-state index contributed by atoms with van der Waals surface area (Å²) < 4.78 is 5.88. The molecule has 18 heavy (non-hydrogen) atoms. The molecule has 1 heterocycles. The minimum atomic E-state index is 0.0521. The van der Waals surface area contributed by atoms with E-state index in [0.717, 1.165) is 29.1 Å². The molecule has 102 valence electrons. The lowest BCUT2D eigenvalue weighted by atomic mass is 10.2. The highest BCUT2D eigenvalue weighted by atomic mass is 79.9. The van der Waals surface area contributed by atoms with Gasteiger partial charge in [-0.3, -0.25) is 0 Å². The van der Waals surface area contributed by atoms with Gasteiger partial charge in [-0.15, -0.1) is 0 Å². The number of anilines is 1. The third kappa shape index (κ3) is 5.29. The molecule has 1 aromatic heterocycles. The van der Waals surface area contributed by atoms with Gasteiger partial charge in [0.25, 0.3) is 0 Å². The minimum Gasteiger partial charge on any atom is -0.396 e. The Morgan fingerprint density at radius 2 is 2.28 bits per heavy atom. The summed E-state index contributed by atoms with van der Waals surface area (Å²) in [4.78, 5) is 8.75. The van der Waals surface area contributed by atoms with Gasteiger partial charge in [0.1, 0.15) is 16.2 Å². The van der Waals surface area contributed by atoms with E-state index < -0.39 is 0 Å². The zero-order chi connectivity index (χ0) is 13.4. The van der Waals surface area contributed by atoms with Gasteiger partial charge >= 0.3 is 0 Å². The van der Waals surface area contributed by atoms with Crippen LogP contribution in [0, 0.1) is 0 Å². The van der Waals surface area contributed by atoms with Gasteiger partial charge < -0.3 is 15.2 Å². The maximum atomic E-state index is 9.00. The van der Waals surface area contributed by atoms with Crippen molar-refractivity contribution in [3.63, 3.8) is 0 Å². The van der Waals surface area contributed by atoms with Crippen LogP contribution in [0.2, 0.25) is 0 Å². The number of methoxy groups -OCH3 is 1. The van der Waals surface area contributed by atoms with Crippen molar-refractivity contribution in [1.82, 2.24) is 9.97 Å². The first kappa shape index (κ1) is 15.3. The number of rotatable bonds is 8. The topological polar surface area (TPSA) is 67.3 Å². The van der Waals surface area contributed by atoms with Crippen LogP contribution in [0.1, 0.15) is 25.6 Å². The second-order valence-corrected chi connectivity index (χ2v) is 4.86. The van der Waals surface area contributed by atoms with Crippen LogP contribution in [0.15, 0.2) is 10.7 Å². The Bertz CT molecular complexity index is 357. The van der Waals surface area contributed by atoms with E-state index >= 15 is 0 Å². The van der Waals surface area contributed by atoms with Crippen molar-refractivity contribution < 1.29 is 9.84 Å². The second-order valence-electron chi connectivity index (χ2n) is 4.05. The fraction of sp³-hybridized carbons (Fsp3) is 0.667. The molecule has 0 saturated carbocycles. The van der Waals surface area contributed by atoms with E-state index in [0.29, 0.717) is 13.0 Å². The summed E-state index contributed by atoms with van der Waals surface area (Å²) in [7, 11) is 1.64. The largest absolute Gasteiger partial charge is 0.396 e. The number of halogens is 1. The molecule has 0 fully saturated rings. The molecular weight excluding hydrogens is 298 g/mol. The van der Waals surface area contributed by atoms with E-state index in [4.69, 9.17) is 9.84 Å². The zero-order valence-electron chi connectivity index (χ0n) is 10.8. The Labute approximate surface area is 116 Å². The van der Waals surface area contributed by atoms with Gasteiger partial charge in [0.15, 0.2) is 0 Å². The highest BCUT2D eigenvalue weighted by Gasteiger charge is 2.10. The van der Waals surface area contributed by atoms with Crippen LogP contribution in [-0.4, -0.2) is 41.4 Å². The van der Waals surface area contributed by atoms with Crippen molar-refractivity contribution in [2.24, 2.45) is 0 Å². The van der Waals surface area contributed by atoms with E-state index in [9.17, 15) is 0 Å². The van der Waals surface area contributed by atoms with Crippen LogP contribution in [0.3, 0.4) is 0 Å². The molecule has 0 aromatic carbocycles. The molecule has 0 aliphatic carbocycles. The molecule has 0 aliphatic heterocycles. The number of aliphatic hydroxyl groups is 1. The quantitative estimate of drug-likeness (QED) is 0.718. The maximum Gasteiger partial charge on any atom is 0.132 e. The summed E-state index contributed by atoms with van der Waals surface area (Å²) in [6, 6.07) is 1.88. The van der Waals surface area contributed by atoms with Crippen LogP contribution in [0.5, 0.6) is 0 Å². The van der Waals surface area contributed by atoms with E-state index in [1.54, 1.807) is 7.11 Å².